The first-order valence-corrected chi connectivity index (χ1v) is 14.8. The Morgan fingerprint density at radius 1 is 1.00 bits per heavy atom. The predicted molar refractivity (Wildman–Crippen MR) is 141 cm³/mol. The Balaban J connectivity index is 1.44. The monoisotopic (exact) mass is 521 g/mol. The molecule has 38 heavy (non-hydrogen) atoms. The van der Waals surface area contributed by atoms with Gasteiger partial charge < -0.3 is 14.4 Å². The van der Waals surface area contributed by atoms with E-state index in [4.69, 9.17) is 9.26 Å². The fourth-order valence-corrected chi connectivity index (χ4v) is 11.3. The smallest absolute Gasteiger partial charge is 0.313 e. The largest absolute Gasteiger partial charge is 0.449 e. The second kappa shape index (κ2) is 6.85. The van der Waals surface area contributed by atoms with Crippen molar-refractivity contribution < 1.29 is 24.0 Å². The van der Waals surface area contributed by atoms with Crippen molar-refractivity contribution in [1.29, 1.82) is 0 Å². The summed E-state index contributed by atoms with van der Waals surface area (Å²) in [5.41, 5.74) is -1.06. The highest BCUT2D eigenvalue weighted by Gasteiger charge is 2.82. The van der Waals surface area contributed by atoms with Crippen molar-refractivity contribution in [3.63, 3.8) is 0 Å². The normalized spacial score (nSPS) is 51.0. The van der Waals surface area contributed by atoms with Crippen LogP contribution in [0.5, 0.6) is 0 Å². The Morgan fingerprint density at radius 3 is 2.42 bits per heavy atom. The van der Waals surface area contributed by atoms with E-state index in [1.165, 1.54) is 5.57 Å². The molecule has 1 spiro atoms. The second-order valence-electron chi connectivity index (χ2n) is 15.6. The van der Waals surface area contributed by atoms with Gasteiger partial charge in [0.25, 0.3) is 0 Å². The van der Waals surface area contributed by atoms with Gasteiger partial charge in [-0.3, -0.25) is 9.59 Å². The van der Waals surface area contributed by atoms with Crippen molar-refractivity contribution in [3.8, 4) is 0 Å². The quantitative estimate of drug-likeness (QED) is 0.476. The van der Waals surface area contributed by atoms with E-state index in [0.29, 0.717) is 0 Å². The topological polar surface area (TPSA) is 89.6 Å². The van der Waals surface area contributed by atoms with E-state index in [1.54, 1.807) is 6.20 Å². The lowest BCUT2D eigenvalue weighted by atomic mass is 9.33. The zero-order valence-electron chi connectivity index (χ0n) is 24.1. The average Bonchev–Trinajstić information content (AvgIpc) is 3.37. The molecule has 3 saturated carbocycles. The predicted octanol–water partition coefficient (Wildman–Crippen LogP) is 5.71. The molecule has 5 aliphatic carbocycles. The molecule has 1 aliphatic heterocycles. The van der Waals surface area contributed by atoms with E-state index < -0.39 is 27.9 Å². The molecule has 2 bridgehead atoms. The first-order chi connectivity index (χ1) is 17.6. The lowest BCUT2D eigenvalue weighted by molar-refractivity contribution is -0.208. The van der Waals surface area contributed by atoms with E-state index in [0.717, 1.165) is 62.7 Å². The van der Waals surface area contributed by atoms with Crippen LogP contribution in [0.4, 0.5) is 0 Å². The van der Waals surface area contributed by atoms with Gasteiger partial charge in [-0.1, -0.05) is 45.3 Å². The van der Waals surface area contributed by atoms with Gasteiger partial charge in [0.05, 0.1) is 23.1 Å². The number of ether oxygens (including phenoxy) is 1. The molecule has 7 rings (SSSR count). The van der Waals surface area contributed by atoms with Gasteiger partial charge in [-0.05, 0) is 93.5 Å². The average molecular weight is 522 g/mol. The molecule has 1 aromatic rings. The third kappa shape index (κ3) is 2.38. The Morgan fingerprint density at radius 2 is 1.71 bits per heavy atom. The van der Waals surface area contributed by atoms with Crippen LogP contribution in [0.2, 0.25) is 0 Å². The molecule has 4 fully saturated rings. The summed E-state index contributed by atoms with van der Waals surface area (Å²) in [5, 5.41) is 15.3. The Kier molecular flexibility index (Phi) is 4.51. The molecule has 1 unspecified atom stereocenters. The first-order valence-electron chi connectivity index (χ1n) is 14.8. The molecule has 6 nitrogen and oxygen atoms in total. The van der Waals surface area contributed by atoms with Crippen molar-refractivity contribution in [2.45, 2.75) is 117 Å². The zero-order chi connectivity index (χ0) is 27.3. The number of carbonyl (C=O) groups excluding carboxylic acids is 2. The lowest BCUT2D eigenvalue weighted by Crippen LogP contribution is -2.72. The fourth-order valence-electron chi connectivity index (χ4n) is 11.3. The van der Waals surface area contributed by atoms with Crippen molar-refractivity contribution in [2.24, 2.45) is 38.9 Å². The van der Waals surface area contributed by atoms with Crippen LogP contribution in [0, 0.1) is 38.9 Å². The van der Waals surface area contributed by atoms with Crippen molar-refractivity contribution >= 4 is 11.8 Å². The van der Waals surface area contributed by atoms with Crippen LogP contribution in [-0.2, 0) is 26.2 Å². The molecule has 6 aliphatic rings. The van der Waals surface area contributed by atoms with E-state index in [2.05, 4.69) is 46.7 Å². The molecule has 6 heteroatoms. The minimum absolute atomic E-state index is 0.00170. The summed E-state index contributed by atoms with van der Waals surface area (Å²) < 4.78 is 12.3. The van der Waals surface area contributed by atoms with Crippen LogP contribution in [0.1, 0.15) is 105 Å². The van der Waals surface area contributed by atoms with Crippen molar-refractivity contribution in [2.75, 3.05) is 0 Å². The van der Waals surface area contributed by atoms with Gasteiger partial charge in [0.1, 0.15) is 5.76 Å². The SMILES string of the molecule is CC(O)[C@]1(C)c2oncc2C[C@]2(C)C3=CC(=O)[C@]45OC(=O)[C@@]6(CCC(C)(C)C[C@H]64)CC[C@@]5(C)[C@]3(C)CC[C@@H]12. The third-order valence-electron chi connectivity index (χ3n) is 13.8. The number of carbonyl (C=O) groups is 2. The summed E-state index contributed by atoms with van der Waals surface area (Å²) in [6.45, 7) is 15.4. The number of aromatic nitrogens is 1. The molecular weight excluding hydrogens is 478 g/mol. The molecule has 0 amide bonds. The van der Waals surface area contributed by atoms with Crippen molar-refractivity contribution in [3.05, 3.63) is 29.2 Å². The highest BCUT2D eigenvalue weighted by molar-refractivity contribution is 6.05. The van der Waals surface area contributed by atoms with Gasteiger partial charge in [-0.15, -0.1) is 0 Å². The van der Waals surface area contributed by atoms with Gasteiger partial charge in [0.2, 0.25) is 0 Å². The summed E-state index contributed by atoms with van der Waals surface area (Å²) in [5.74, 6) is 0.699. The number of hydrogen-bond donors (Lipinski definition) is 1. The Bertz CT molecular complexity index is 1310. The Hall–Kier alpha value is -1.95. The lowest BCUT2D eigenvalue weighted by Gasteiger charge is -2.69. The molecule has 1 aromatic heterocycles. The third-order valence-corrected chi connectivity index (χ3v) is 13.8. The summed E-state index contributed by atoms with van der Waals surface area (Å²) >= 11 is 0. The number of nitrogens with zero attached hydrogens (tertiary/aromatic N) is 1. The van der Waals surface area contributed by atoms with Crippen LogP contribution in [0.25, 0.3) is 0 Å². The highest BCUT2D eigenvalue weighted by atomic mass is 16.6. The molecule has 1 N–H and O–H groups in total. The summed E-state index contributed by atoms with van der Waals surface area (Å²) in [7, 11) is 0. The van der Waals surface area contributed by atoms with Crippen molar-refractivity contribution in [1.82, 2.24) is 5.16 Å². The summed E-state index contributed by atoms with van der Waals surface area (Å²) in [6, 6.07) is 0. The maximum Gasteiger partial charge on any atom is 0.313 e. The number of aliphatic hydroxyl groups excluding tert-OH is 1. The number of aliphatic hydroxyl groups is 1. The fraction of sp³-hybridized carbons (Fsp3) is 0.781. The molecule has 2 heterocycles. The number of hydrogen-bond acceptors (Lipinski definition) is 6. The zero-order valence-corrected chi connectivity index (χ0v) is 24.1. The number of allylic oxidation sites excluding steroid dienone is 1. The molecule has 0 aromatic carbocycles. The minimum Gasteiger partial charge on any atom is -0.449 e. The maximum atomic E-state index is 14.7. The number of rotatable bonds is 1. The van der Waals surface area contributed by atoms with Gasteiger partial charge in [0.15, 0.2) is 11.4 Å². The molecule has 206 valence electrons. The van der Waals surface area contributed by atoms with E-state index in [-0.39, 0.29) is 39.8 Å². The number of esters is 1. The van der Waals surface area contributed by atoms with Gasteiger partial charge in [-0.2, -0.15) is 0 Å². The number of fused-ring (bicyclic) bond motifs is 5. The van der Waals surface area contributed by atoms with E-state index in [1.807, 2.05) is 13.0 Å². The Labute approximate surface area is 225 Å². The van der Waals surface area contributed by atoms with E-state index in [9.17, 15) is 14.7 Å². The van der Waals surface area contributed by atoms with Crippen LogP contribution in [0.3, 0.4) is 0 Å². The van der Waals surface area contributed by atoms with Crippen LogP contribution >= 0.6 is 0 Å². The molecule has 9 atom stereocenters. The standard InChI is InChI=1S/C32H43NO5/c1-18(34)30(7)20-8-9-28(5)21(27(20,4)15-19-17-33-38-24(19)30)14-23(35)32-22-16-26(2,3)10-12-31(22,25(36)37-32)13-11-29(28,32)6/h14,17-18,20,22,34H,8-13,15-16H2,1-7H3/t18?,20-,22-,27+,28-,29+,30+,31+,32-/m1/s1. The molecule has 0 radical (unpaired) electrons. The van der Waals surface area contributed by atoms with Crippen LogP contribution in [0.15, 0.2) is 22.4 Å². The second-order valence-corrected chi connectivity index (χ2v) is 15.6. The first kappa shape index (κ1) is 25.0. The summed E-state index contributed by atoms with van der Waals surface area (Å²) in [6.07, 6.45) is 9.92. The highest BCUT2D eigenvalue weighted by Crippen LogP contribution is 2.78. The molecule has 1 saturated heterocycles. The van der Waals surface area contributed by atoms with Gasteiger partial charge in [0, 0.05) is 16.9 Å². The van der Waals surface area contributed by atoms with E-state index >= 15 is 0 Å². The van der Waals surface area contributed by atoms with Crippen LogP contribution in [-0.4, -0.2) is 33.7 Å². The maximum absolute atomic E-state index is 14.7. The minimum atomic E-state index is -1.09. The summed E-state index contributed by atoms with van der Waals surface area (Å²) in [4.78, 5) is 28.4. The molecular formula is C32H43NO5. The van der Waals surface area contributed by atoms with Gasteiger partial charge >= 0.3 is 5.97 Å². The van der Waals surface area contributed by atoms with Gasteiger partial charge in [-0.25, -0.2) is 0 Å². The number of ketones is 1. The van der Waals surface area contributed by atoms with Crippen LogP contribution < -0.4 is 0 Å².